The summed E-state index contributed by atoms with van der Waals surface area (Å²) in [6.07, 6.45) is 10.6. The van der Waals surface area contributed by atoms with Gasteiger partial charge in [-0.1, -0.05) is 0 Å². The van der Waals surface area contributed by atoms with Crippen LogP contribution in [0.3, 0.4) is 0 Å². The molecule has 0 heterocycles. The number of fused-ring (bicyclic) bond motifs is 3. The molecule has 4 aromatic rings. The second-order valence-corrected chi connectivity index (χ2v) is 26.5. The van der Waals surface area contributed by atoms with E-state index in [1.165, 1.54) is 44.5 Å². The molecule has 0 spiro atoms. The molecule has 0 amide bonds. The standard InChI is InChI=1S/C29H41.C13H8Br2.C5H5.2ClH.Zr/c1-26(2,3)22-14-18-13-19-15-23(27(4,5)6)25(29(10,11)12)17-21(19)20(18)16-24(22)28(7,8)9;14-12-5-1-3-10(8-12)7-11-4-2-6-13(15)9-11;1-2-4-5-3-1;;;/h14,16-17H,13H2,1-12H3;1-6,8-9H;1-5H;2*1H;/q;;;;;+2/p-2. The fourth-order valence-corrected chi connectivity index (χ4v) is 18.2. The first kappa shape index (κ1) is 43.4. The third-order valence-corrected chi connectivity index (χ3v) is 19.4. The van der Waals surface area contributed by atoms with Crippen LogP contribution in [0.15, 0.2) is 100.0 Å². The minimum absolute atomic E-state index is 0. The van der Waals surface area contributed by atoms with E-state index in [9.17, 15) is 0 Å². The van der Waals surface area contributed by atoms with Gasteiger partial charge in [-0.25, -0.2) is 0 Å². The van der Waals surface area contributed by atoms with Crippen LogP contribution < -0.4 is 28.1 Å². The molecule has 2 aliphatic carbocycles. The molecule has 6 rings (SSSR count). The Bertz CT molecular complexity index is 2030. The van der Waals surface area contributed by atoms with Crippen LogP contribution in [-0.2, 0) is 49.3 Å². The minimum Gasteiger partial charge on any atom is -1.00 e. The Morgan fingerprint density at radius 3 is 1.48 bits per heavy atom. The van der Waals surface area contributed by atoms with Gasteiger partial charge in [0.2, 0.25) is 0 Å². The van der Waals surface area contributed by atoms with Gasteiger partial charge in [0.05, 0.1) is 0 Å². The molecular formula is C47H54Br2Cl2Zr. The molecule has 5 heteroatoms. The summed E-state index contributed by atoms with van der Waals surface area (Å²) in [7, 11) is 0. The monoisotopic (exact) mass is 936 g/mol. The van der Waals surface area contributed by atoms with Gasteiger partial charge in [0.1, 0.15) is 0 Å². The summed E-state index contributed by atoms with van der Waals surface area (Å²) in [5, 5.41) is 0. The van der Waals surface area contributed by atoms with E-state index in [1.54, 1.807) is 17.6 Å². The van der Waals surface area contributed by atoms with Crippen LogP contribution >= 0.6 is 31.9 Å². The van der Waals surface area contributed by atoms with Crippen molar-refractivity contribution in [2.75, 3.05) is 0 Å². The van der Waals surface area contributed by atoms with Crippen molar-refractivity contribution in [3.8, 4) is 11.1 Å². The van der Waals surface area contributed by atoms with Crippen LogP contribution in [0.2, 0.25) is 3.63 Å². The van der Waals surface area contributed by atoms with Crippen LogP contribution in [0, 0.1) is 0 Å². The predicted octanol–water partition coefficient (Wildman–Crippen LogP) is 7.41. The number of benzene rings is 4. The summed E-state index contributed by atoms with van der Waals surface area (Å²) in [5.41, 5.74) is 14.8. The van der Waals surface area contributed by atoms with E-state index in [2.05, 4.69) is 206 Å². The fourth-order valence-electron chi connectivity index (χ4n) is 8.14. The molecule has 0 saturated heterocycles. The van der Waals surface area contributed by atoms with Crippen molar-refractivity contribution in [2.24, 2.45) is 0 Å². The van der Waals surface area contributed by atoms with Crippen LogP contribution in [0.4, 0.5) is 0 Å². The molecule has 4 aromatic carbocycles. The SMILES string of the molecule is CC(C)(C)c1cc2c(cc1C(C)(C)C)-c1cc(C(C)(C)C)c(C(C)(C)C)[c]([Zr+2](=[C](c3cccc(Br)c3)c3cccc(Br)c3)[CH]3C=CC=C3)c1C2.[Cl-].[Cl-]. The minimum atomic E-state index is -2.96. The maximum Gasteiger partial charge on any atom is -1.00 e. The van der Waals surface area contributed by atoms with Gasteiger partial charge in [-0.3, -0.25) is 0 Å². The van der Waals surface area contributed by atoms with Crippen molar-refractivity contribution in [1.82, 2.24) is 0 Å². The third kappa shape index (κ3) is 8.55. The first-order valence-electron chi connectivity index (χ1n) is 18.2. The average molecular weight is 941 g/mol. The van der Waals surface area contributed by atoms with Gasteiger partial charge in [-0.15, -0.1) is 0 Å². The number of hydrogen-bond donors (Lipinski definition) is 0. The first-order chi connectivity index (χ1) is 23.2. The molecule has 2 aliphatic rings. The third-order valence-electron chi connectivity index (χ3n) is 10.4. The van der Waals surface area contributed by atoms with E-state index in [4.69, 9.17) is 0 Å². The van der Waals surface area contributed by atoms with E-state index in [0.29, 0.717) is 3.63 Å². The maximum atomic E-state index is 3.88. The Morgan fingerprint density at radius 1 is 0.577 bits per heavy atom. The molecule has 0 atom stereocenters. The van der Waals surface area contributed by atoms with Crippen LogP contribution in [0.1, 0.15) is 128 Å². The summed E-state index contributed by atoms with van der Waals surface area (Å²) in [6.45, 7) is 29.0. The quantitative estimate of drug-likeness (QED) is 0.176. The van der Waals surface area contributed by atoms with Gasteiger partial charge in [0.15, 0.2) is 0 Å². The average Bonchev–Trinajstić information content (AvgIpc) is 3.64. The van der Waals surface area contributed by atoms with Crippen molar-refractivity contribution in [1.29, 1.82) is 0 Å². The van der Waals surface area contributed by atoms with E-state index < -0.39 is 21.3 Å². The molecule has 0 aliphatic heterocycles. The van der Waals surface area contributed by atoms with Gasteiger partial charge in [-0.05, 0) is 0 Å². The van der Waals surface area contributed by atoms with Gasteiger partial charge in [0.25, 0.3) is 0 Å². The smallest absolute Gasteiger partial charge is 1.00 e. The second-order valence-electron chi connectivity index (χ2n) is 18.5. The Hall–Kier alpha value is -1.35. The summed E-state index contributed by atoms with van der Waals surface area (Å²) in [6, 6.07) is 26.0. The van der Waals surface area contributed by atoms with Crippen LogP contribution in [-0.4, -0.2) is 3.21 Å². The Labute approximate surface area is 351 Å². The summed E-state index contributed by atoms with van der Waals surface area (Å²) >= 11 is 4.80. The zero-order valence-corrected chi connectivity index (χ0v) is 40.1. The number of allylic oxidation sites excluding steroid dienone is 4. The van der Waals surface area contributed by atoms with Crippen molar-refractivity contribution in [3.63, 3.8) is 0 Å². The van der Waals surface area contributed by atoms with Crippen LogP contribution in [0.25, 0.3) is 11.1 Å². The fraction of sp³-hybridized carbons (Fsp3) is 0.383. The molecule has 0 nitrogen and oxygen atoms in total. The van der Waals surface area contributed by atoms with Crippen molar-refractivity contribution >= 4 is 38.3 Å². The zero-order chi connectivity index (χ0) is 36.6. The molecule has 0 N–H and O–H groups in total. The second kappa shape index (κ2) is 15.7. The van der Waals surface area contributed by atoms with Gasteiger partial charge >= 0.3 is 330 Å². The van der Waals surface area contributed by atoms with Crippen molar-refractivity contribution in [2.45, 2.75) is 115 Å². The topological polar surface area (TPSA) is 0 Å². The molecule has 0 saturated carbocycles. The van der Waals surface area contributed by atoms with Gasteiger partial charge in [-0.2, -0.15) is 0 Å². The van der Waals surface area contributed by atoms with Crippen molar-refractivity contribution < 1.29 is 46.1 Å². The van der Waals surface area contributed by atoms with Crippen LogP contribution in [0.5, 0.6) is 0 Å². The predicted molar refractivity (Wildman–Crippen MR) is 223 cm³/mol. The summed E-state index contributed by atoms with van der Waals surface area (Å²) in [5.74, 6) is 0. The van der Waals surface area contributed by atoms with E-state index >= 15 is 0 Å². The summed E-state index contributed by atoms with van der Waals surface area (Å²) < 4.78 is 5.94. The number of hydrogen-bond acceptors (Lipinski definition) is 0. The Balaban J connectivity index is 0.00000302. The molecule has 0 radical (unpaired) electrons. The van der Waals surface area contributed by atoms with Gasteiger partial charge < -0.3 is 24.8 Å². The summed E-state index contributed by atoms with van der Waals surface area (Å²) in [4.78, 5) is 0. The molecule has 0 unspecified atom stereocenters. The van der Waals surface area contributed by atoms with E-state index in [1.807, 2.05) is 0 Å². The molecule has 274 valence electrons. The molecule has 0 fully saturated rings. The maximum absolute atomic E-state index is 3.88. The van der Waals surface area contributed by atoms with E-state index in [0.717, 1.165) is 15.4 Å². The first-order valence-corrected chi connectivity index (χ1v) is 23.6. The normalized spacial score (nSPS) is 13.9. The number of rotatable bonds is 4. The Kier molecular flexibility index (Phi) is 13.1. The Morgan fingerprint density at radius 2 is 1.04 bits per heavy atom. The molecular weight excluding hydrogens is 886 g/mol. The van der Waals surface area contributed by atoms with E-state index in [-0.39, 0.29) is 46.5 Å². The largest absolute Gasteiger partial charge is 1.00 e. The van der Waals surface area contributed by atoms with Crippen molar-refractivity contribution in [3.05, 3.63) is 144 Å². The molecule has 0 aromatic heterocycles. The zero-order valence-electron chi connectivity index (χ0n) is 33.0. The molecule has 0 bridgehead atoms. The number of halogens is 4. The molecule has 52 heavy (non-hydrogen) atoms. The van der Waals surface area contributed by atoms with Gasteiger partial charge in [0, 0.05) is 0 Å².